The lowest BCUT2D eigenvalue weighted by Crippen LogP contribution is -2.24. The molecule has 0 aromatic heterocycles. The Morgan fingerprint density at radius 1 is 1.06 bits per heavy atom. The molecule has 0 unspecified atom stereocenters. The van der Waals surface area contributed by atoms with E-state index in [-0.39, 0.29) is 11.1 Å². The summed E-state index contributed by atoms with van der Waals surface area (Å²) in [6.45, 7) is 5.29. The molecular formula is C13H17NO4. The van der Waals surface area contributed by atoms with E-state index in [1.165, 1.54) is 25.3 Å². The van der Waals surface area contributed by atoms with Gasteiger partial charge in [0, 0.05) is 5.69 Å². The van der Waals surface area contributed by atoms with Crippen LogP contribution in [0.25, 0.3) is 0 Å². The molecule has 0 amide bonds. The second kappa shape index (κ2) is 5.08. The quantitative estimate of drug-likeness (QED) is 0.642. The second-order valence-corrected chi connectivity index (χ2v) is 4.84. The molecule has 0 aliphatic heterocycles. The van der Waals surface area contributed by atoms with Gasteiger partial charge >= 0.3 is 11.9 Å². The highest BCUT2D eigenvalue weighted by molar-refractivity contribution is 5.96. The Labute approximate surface area is 106 Å². The molecule has 2 N–H and O–H groups in total. The first-order valence-corrected chi connectivity index (χ1v) is 5.45. The number of esters is 2. The van der Waals surface area contributed by atoms with Gasteiger partial charge in [-0.25, -0.2) is 9.59 Å². The number of anilines is 1. The van der Waals surface area contributed by atoms with Gasteiger partial charge in [0.15, 0.2) is 0 Å². The highest BCUT2D eigenvalue weighted by Crippen LogP contribution is 2.17. The predicted octanol–water partition coefficient (Wildman–Crippen LogP) is 2.01. The first kappa shape index (κ1) is 14.0. The van der Waals surface area contributed by atoms with Gasteiger partial charge in [0.2, 0.25) is 0 Å². The number of carbonyl (C=O) groups is 2. The van der Waals surface area contributed by atoms with E-state index in [0.717, 1.165) is 0 Å². The minimum atomic E-state index is -0.604. The fourth-order valence-corrected chi connectivity index (χ4v) is 1.34. The molecule has 0 atom stereocenters. The number of benzene rings is 1. The molecule has 0 radical (unpaired) electrons. The molecule has 0 fully saturated rings. The van der Waals surface area contributed by atoms with E-state index in [1.807, 2.05) is 0 Å². The van der Waals surface area contributed by atoms with Crippen molar-refractivity contribution in [1.82, 2.24) is 0 Å². The van der Waals surface area contributed by atoms with Gasteiger partial charge in [-0.1, -0.05) is 0 Å². The van der Waals surface area contributed by atoms with E-state index in [1.54, 1.807) is 20.8 Å². The maximum Gasteiger partial charge on any atom is 0.338 e. The lowest BCUT2D eigenvalue weighted by molar-refractivity contribution is 0.00696. The van der Waals surface area contributed by atoms with Crippen LogP contribution in [-0.4, -0.2) is 24.6 Å². The molecule has 0 heterocycles. The molecule has 5 nitrogen and oxygen atoms in total. The molecule has 98 valence electrons. The highest BCUT2D eigenvalue weighted by Gasteiger charge is 2.19. The van der Waals surface area contributed by atoms with Crippen LogP contribution in [0.1, 0.15) is 41.5 Å². The summed E-state index contributed by atoms with van der Waals surface area (Å²) in [5.41, 5.74) is 5.79. The SMILES string of the molecule is COC(=O)c1cc(N)cc(C(=O)OC(C)(C)C)c1. The van der Waals surface area contributed by atoms with Gasteiger partial charge in [-0.3, -0.25) is 0 Å². The third-order valence-electron chi connectivity index (χ3n) is 2.01. The first-order chi connectivity index (χ1) is 8.23. The minimum Gasteiger partial charge on any atom is -0.465 e. The number of rotatable bonds is 2. The van der Waals surface area contributed by atoms with Crippen molar-refractivity contribution in [2.45, 2.75) is 26.4 Å². The van der Waals surface area contributed by atoms with Crippen molar-refractivity contribution in [1.29, 1.82) is 0 Å². The summed E-state index contributed by atoms with van der Waals surface area (Å²) in [5.74, 6) is -1.08. The number of carbonyl (C=O) groups excluding carboxylic acids is 2. The number of nitrogens with two attached hydrogens (primary N) is 1. The van der Waals surface area contributed by atoms with Gasteiger partial charge in [-0.15, -0.1) is 0 Å². The van der Waals surface area contributed by atoms with Gasteiger partial charge in [0.25, 0.3) is 0 Å². The maximum absolute atomic E-state index is 11.8. The van der Waals surface area contributed by atoms with Crippen molar-refractivity contribution in [2.75, 3.05) is 12.8 Å². The fraction of sp³-hybridized carbons (Fsp3) is 0.385. The summed E-state index contributed by atoms with van der Waals surface area (Å²) in [7, 11) is 1.26. The molecule has 0 spiro atoms. The van der Waals surface area contributed by atoms with Crippen LogP contribution in [0.2, 0.25) is 0 Å². The number of nitrogen functional groups attached to an aromatic ring is 1. The molecule has 0 bridgehead atoms. The van der Waals surface area contributed by atoms with E-state index < -0.39 is 17.5 Å². The summed E-state index contributed by atoms with van der Waals surface area (Å²) >= 11 is 0. The Hall–Kier alpha value is -2.04. The highest BCUT2D eigenvalue weighted by atomic mass is 16.6. The molecule has 0 aliphatic rings. The Morgan fingerprint density at radius 2 is 1.56 bits per heavy atom. The van der Waals surface area contributed by atoms with Gasteiger partial charge in [-0.05, 0) is 39.0 Å². The third-order valence-corrected chi connectivity index (χ3v) is 2.01. The van der Waals surface area contributed by atoms with Crippen LogP contribution in [0.4, 0.5) is 5.69 Å². The zero-order valence-corrected chi connectivity index (χ0v) is 10.9. The van der Waals surface area contributed by atoms with Crippen LogP contribution < -0.4 is 5.73 Å². The van der Waals surface area contributed by atoms with E-state index >= 15 is 0 Å². The standard InChI is InChI=1S/C13H17NO4/c1-13(2,3)18-12(16)9-5-8(11(15)17-4)6-10(14)7-9/h5-7H,14H2,1-4H3. The van der Waals surface area contributed by atoms with Crippen molar-refractivity contribution >= 4 is 17.6 Å². The van der Waals surface area contributed by atoms with Gasteiger partial charge < -0.3 is 15.2 Å². The zero-order chi connectivity index (χ0) is 13.9. The van der Waals surface area contributed by atoms with E-state index in [0.29, 0.717) is 5.69 Å². The van der Waals surface area contributed by atoms with Crippen molar-refractivity contribution in [3.05, 3.63) is 29.3 Å². The third kappa shape index (κ3) is 3.76. The van der Waals surface area contributed by atoms with Gasteiger partial charge in [0.05, 0.1) is 18.2 Å². The Bertz CT molecular complexity index is 474. The topological polar surface area (TPSA) is 78.6 Å². The van der Waals surface area contributed by atoms with Gasteiger partial charge in [0.1, 0.15) is 5.60 Å². The smallest absolute Gasteiger partial charge is 0.338 e. The van der Waals surface area contributed by atoms with Crippen LogP contribution in [0.15, 0.2) is 18.2 Å². The maximum atomic E-state index is 11.8. The zero-order valence-electron chi connectivity index (χ0n) is 10.9. The van der Waals surface area contributed by atoms with E-state index in [2.05, 4.69) is 4.74 Å². The van der Waals surface area contributed by atoms with E-state index in [9.17, 15) is 9.59 Å². The summed E-state index contributed by atoms with van der Waals surface area (Å²) in [5, 5.41) is 0. The predicted molar refractivity (Wildman–Crippen MR) is 67.4 cm³/mol. The number of methoxy groups -OCH3 is 1. The van der Waals surface area contributed by atoms with Crippen LogP contribution in [0, 0.1) is 0 Å². The fourth-order valence-electron chi connectivity index (χ4n) is 1.34. The van der Waals surface area contributed by atoms with Crippen molar-refractivity contribution in [3.63, 3.8) is 0 Å². The molecule has 1 rings (SSSR count). The lowest BCUT2D eigenvalue weighted by atomic mass is 10.1. The van der Waals surface area contributed by atoms with Crippen molar-refractivity contribution < 1.29 is 19.1 Å². The summed E-state index contributed by atoms with van der Waals surface area (Å²) in [6.07, 6.45) is 0. The average Bonchev–Trinajstić information content (AvgIpc) is 2.24. The van der Waals surface area contributed by atoms with Crippen LogP contribution in [0.5, 0.6) is 0 Å². The second-order valence-electron chi connectivity index (χ2n) is 4.84. The van der Waals surface area contributed by atoms with Crippen LogP contribution in [-0.2, 0) is 9.47 Å². The Kier molecular flexibility index (Phi) is 3.96. The first-order valence-electron chi connectivity index (χ1n) is 5.45. The molecule has 0 saturated heterocycles. The molecular weight excluding hydrogens is 234 g/mol. The lowest BCUT2D eigenvalue weighted by Gasteiger charge is -2.19. The summed E-state index contributed by atoms with van der Waals surface area (Å²) in [6, 6.07) is 4.30. The molecule has 1 aromatic carbocycles. The number of hydrogen-bond acceptors (Lipinski definition) is 5. The summed E-state index contributed by atoms with van der Waals surface area (Å²) < 4.78 is 9.78. The molecule has 1 aromatic rings. The molecule has 18 heavy (non-hydrogen) atoms. The Morgan fingerprint density at radius 3 is 2.00 bits per heavy atom. The van der Waals surface area contributed by atoms with Crippen LogP contribution in [0.3, 0.4) is 0 Å². The normalized spacial score (nSPS) is 10.9. The van der Waals surface area contributed by atoms with Gasteiger partial charge in [-0.2, -0.15) is 0 Å². The molecule has 5 heteroatoms. The van der Waals surface area contributed by atoms with Crippen molar-refractivity contribution in [3.8, 4) is 0 Å². The Balaban J connectivity index is 3.06. The van der Waals surface area contributed by atoms with E-state index in [4.69, 9.17) is 10.5 Å². The van der Waals surface area contributed by atoms with Crippen LogP contribution >= 0.6 is 0 Å². The summed E-state index contributed by atoms with van der Waals surface area (Å²) in [4.78, 5) is 23.2. The molecule has 0 aliphatic carbocycles. The molecule has 0 saturated carbocycles. The number of hydrogen-bond donors (Lipinski definition) is 1. The largest absolute Gasteiger partial charge is 0.465 e. The average molecular weight is 251 g/mol. The monoisotopic (exact) mass is 251 g/mol. The number of ether oxygens (including phenoxy) is 2. The van der Waals surface area contributed by atoms with Crippen molar-refractivity contribution in [2.24, 2.45) is 0 Å². The minimum absolute atomic E-state index is 0.221.